The van der Waals surface area contributed by atoms with Crippen LogP contribution in [0.15, 0.2) is 54.7 Å². The Balaban J connectivity index is 1.61. The zero-order valence-corrected chi connectivity index (χ0v) is 14.6. The molecular formula is C21H20N2O3. The van der Waals surface area contributed by atoms with Gasteiger partial charge in [-0.05, 0) is 60.0 Å². The van der Waals surface area contributed by atoms with Gasteiger partial charge in [-0.1, -0.05) is 12.1 Å². The fourth-order valence-electron chi connectivity index (χ4n) is 3.29. The number of methoxy groups -OCH3 is 1. The first-order valence-electron chi connectivity index (χ1n) is 8.74. The molecule has 1 aliphatic heterocycles. The fraction of sp³-hybridized carbons (Fsp3) is 0.238. The average Bonchev–Trinajstić information content (AvgIpc) is 3.22. The highest BCUT2D eigenvalue weighted by atomic mass is 16.5. The second-order valence-electron chi connectivity index (χ2n) is 6.33. The zero-order chi connectivity index (χ0) is 17.9. The Bertz CT molecular complexity index is 949. The molecule has 0 amide bonds. The Hall–Kier alpha value is -3.08. The number of ether oxygens (including phenoxy) is 2. The van der Waals surface area contributed by atoms with Gasteiger partial charge in [0.1, 0.15) is 22.9 Å². The molecule has 1 fully saturated rings. The Morgan fingerprint density at radius 2 is 1.73 bits per heavy atom. The summed E-state index contributed by atoms with van der Waals surface area (Å²) in [7, 11) is 1.63. The van der Waals surface area contributed by atoms with Gasteiger partial charge in [0.15, 0.2) is 0 Å². The van der Waals surface area contributed by atoms with Gasteiger partial charge >= 0.3 is 5.97 Å². The number of rotatable bonds is 4. The van der Waals surface area contributed by atoms with Crippen LogP contribution in [0, 0.1) is 0 Å². The topological polar surface area (TPSA) is 51.7 Å². The van der Waals surface area contributed by atoms with Gasteiger partial charge in [0.2, 0.25) is 0 Å². The molecule has 0 radical (unpaired) electrons. The van der Waals surface area contributed by atoms with Crippen LogP contribution < -0.4 is 14.4 Å². The molecule has 26 heavy (non-hydrogen) atoms. The van der Waals surface area contributed by atoms with E-state index >= 15 is 0 Å². The highest BCUT2D eigenvalue weighted by Gasteiger charge is 2.21. The number of nitrogens with zero attached hydrogens (tertiary/aromatic N) is 2. The number of carbonyl (C=O) groups is 1. The lowest BCUT2D eigenvalue weighted by Gasteiger charge is -2.19. The van der Waals surface area contributed by atoms with E-state index in [1.807, 2.05) is 30.3 Å². The summed E-state index contributed by atoms with van der Waals surface area (Å²) in [5.74, 6) is 1.59. The van der Waals surface area contributed by atoms with Crippen LogP contribution in [0.1, 0.15) is 23.2 Å². The second-order valence-corrected chi connectivity index (χ2v) is 6.33. The number of esters is 1. The molecule has 0 bridgehead atoms. The zero-order valence-electron chi connectivity index (χ0n) is 14.6. The molecule has 0 unspecified atom stereocenters. The summed E-state index contributed by atoms with van der Waals surface area (Å²) in [5, 5.41) is 2.02. The summed E-state index contributed by atoms with van der Waals surface area (Å²) in [6.45, 7) is 1.85. The fourth-order valence-corrected chi connectivity index (χ4v) is 3.29. The molecule has 2 heterocycles. The smallest absolute Gasteiger partial charge is 0.347 e. The molecule has 1 aliphatic rings. The molecule has 1 aromatic heterocycles. The molecule has 0 saturated carbocycles. The minimum atomic E-state index is -0.387. The van der Waals surface area contributed by atoms with Crippen LogP contribution >= 0.6 is 0 Å². The maximum atomic E-state index is 12.7. The lowest BCUT2D eigenvalue weighted by molar-refractivity contribution is 0.0735. The summed E-state index contributed by atoms with van der Waals surface area (Å²) in [4.78, 5) is 19.3. The molecular weight excluding hydrogens is 328 g/mol. The van der Waals surface area contributed by atoms with Crippen molar-refractivity contribution < 1.29 is 14.3 Å². The van der Waals surface area contributed by atoms with Gasteiger partial charge in [-0.25, -0.2) is 9.78 Å². The number of fused-ring (bicyclic) bond motifs is 1. The van der Waals surface area contributed by atoms with Gasteiger partial charge in [0.25, 0.3) is 0 Å². The summed E-state index contributed by atoms with van der Waals surface area (Å²) in [6, 6.07) is 14.9. The van der Waals surface area contributed by atoms with Crippen LogP contribution in [-0.4, -0.2) is 31.2 Å². The molecule has 2 aromatic carbocycles. The largest absolute Gasteiger partial charge is 0.497 e. The molecule has 5 nitrogen and oxygen atoms in total. The van der Waals surface area contributed by atoms with Crippen molar-refractivity contribution in [2.24, 2.45) is 0 Å². The highest BCUT2D eigenvalue weighted by molar-refractivity contribution is 5.96. The molecule has 0 atom stereocenters. The first kappa shape index (κ1) is 16.4. The molecule has 0 aliphatic carbocycles. The lowest BCUT2D eigenvalue weighted by Crippen LogP contribution is -2.23. The van der Waals surface area contributed by atoms with Crippen LogP contribution in [0.3, 0.4) is 0 Å². The average molecular weight is 348 g/mol. The van der Waals surface area contributed by atoms with Crippen molar-refractivity contribution in [1.82, 2.24) is 4.98 Å². The van der Waals surface area contributed by atoms with E-state index in [0.29, 0.717) is 17.1 Å². The Morgan fingerprint density at radius 1 is 1.00 bits per heavy atom. The van der Waals surface area contributed by atoms with E-state index in [4.69, 9.17) is 9.47 Å². The summed E-state index contributed by atoms with van der Waals surface area (Å²) in [5.41, 5.74) is 0.500. The van der Waals surface area contributed by atoms with Crippen molar-refractivity contribution in [3.63, 3.8) is 0 Å². The van der Waals surface area contributed by atoms with Crippen molar-refractivity contribution >= 4 is 22.6 Å². The summed E-state index contributed by atoms with van der Waals surface area (Å²) in [6.07, 6.45) is 3.96. The standard InChI is InChI=1S/C21H20N2O3/c1-25-17-8-6-15-7-9-18(14-16(15)13-17)26-21(24)19-5-4-10-22-20(19)23-11-2-3-12-23/h4-10,13-14H,2-3,11-12H2,1H3. The molecule has 3 aromatic rings. The summed E-state index contributed by atoms with van der Waals surface area (Å²) < 4.78 is 10.9. The van der Waals surface area contributed by atoms with E-state index < -0.39 is 0 Å². The quantitative estimate of drug-likeness (QED) is 0.526. The van der Waals surface area contributed by atoms with Crippen molar-refractivity contribution in [2.75, 3.05) is 25.1 Å². The Morgan fingerprint density at radius 3 is 2.50 bits per heavy atom. The SMILES string of the molecule is COc1ccc2ccc(OC(=O)c3cccnc3N3CCCC3)cc2c1. The van der Waals surface area contributed by atoms with Gasteiger partial charge in [0, 0.05) is 19.3 Å². The van der Waals surface area contributed by atoms with E-state index in [1.54, 1.807) is 31.5 Å². The van der Waals surface area contributed by atoms with Crippen molar-refractivity contribution in [2.45, 2.75) is 12.8 Å². The highest BCUT2D eigenvalue weighted by Crippen LogP contribution is 2.27. The maximum Gasteiger partial charge on any atom is 0.347 e. The van der Waals surface area contributed by atoms with Gasteiger partial charge in [0.05, 0.1) is 7.11 Å². The number of hydrogen-bond acceptors (Lipinski definition) is 5. The van der Waals surface area contributed by atoms with Crippen molar-refractivity contribution in [3.8, 4) is 11.5 Å². The first-order chi connectivity index (χ1) is 12.7. The van der Waals surface area contributed by atoms with Crippen LogP contribution in [0.4, 0.5) is 5.82 Å². The van der Waals surface area contributed by atoms with Crippen molar-refractivity contribution in [3.05, 3.63) is 60.3 Å². The van der Waals surface area contributed by atoms with E-state index in [2.05, 4.69) is 9.88 Å². The number of pyridine rings is 1. The third kappa shape index (κ3) is 3.20. The van der Waals surface area contributed by atoms with Crippen LogP contribution in [-0.2, 0) is 0 Å². The van der Waals surface area contributed by atoms with Gasteiger partial charge in [-0.3, -0.25) is 0 Å². The Labute approximate surface area is 152 Å². The first-order valence-corrected chi connectivity index (χ1v) is 8.74. The molecule has 5 heteroatoms. The Kier molecular flexibility index (Phi) is 4.44. The molecule has 132 valence electrons. The number of aromatic nitrogens is 1. The molecule has 0 N–H and O–H groups in total. The van der Waals surface area contributed by atoms with E-state index in [0.717, 1.165) is 42.5 Å². The minimum absolute atomic E-state index is 0.387. The van der Waals surface area contributed by atoms with E-state index in [9.17, 15) is 4.79 Å². The molecule has 0 spiro atoms. The maximum absolute atomic E-state index is 12.7. The number of benzene rings is 2. The van der Waals surface area contributed by atoms with Crippen LogP contribution in [0.25, 0.3) is 10.8 Å². The predicted molar refractivity (Wildman–Crippen MR) is 101 cm³/mol. The number of carbonyl (C=O) groups excluding carboxylic acids is 1. The lowest BCUT2D eigenvalue weighted by atomic mass is 10.1. The molecule has 4 rings (SSSR count). The van der Waals surface area contributed by atoms with E-state index in [1.165, 1.54) is 0 Å². The third-order valence-electron chi connectivity index (χ3n) is 4.64. The number of hydrogen-bond donors (Lipinski definition) is 0. The van der Waals surface area contributed by atoms with Gasteiger partial charge < -0.3 is 14.4 Å². The van der Waals surface area contributed by atoms with Gasteiger partial charge in [-0.15, -0.1) is 0 Å². The van der Waals surface area contributed by atoms with E-state index in [-0.39, 0.29) is 5.97 Å². The third-order valence-corrected chi connectivity index (χ3v) is 4.64. The van der Waals surface area contributed by atoms with Gasteiger partial charge in [-0.2, -0.15) is 0 Å². The normalized spacial score (nSPS) is 13.8. The van der Waals surface area contributed by atoms with Crippen LogP contribution in [0.2, 0.25) is 0 Å². The van der Waals surface area contributed by atoms with Crippen molar-refractivity contribution in [1.29, 1.82) is 0 Å². The molecule has 1 saturated heterocycles. The number of anilines is 1. The second kappa shape index (κ2) is 7.04. The summed E-state index contributed by atoms with van der Waals surface area (Å²) >= 11 is 0. The van der Waals surface area contributed by atoms with Crippen LogP contribution in [0.5, 0.6) is 11.5 Å². The minimum Gasteiger partial charge on any atom is -0.497 e. The predicted octanol–water partition coefficient (Wildman–Crippen LogP) is 4.06. The monoisotopic (exact) mass is 348 g/mol.